The van der Waals surface area contributed by atoms with Crippen LogP contribution in [0.1, 0.15) is 110 Å². The van der Waals surface area contributed by atoms with Crippen LogP contribution in [0.15, 0.2) is 25.3 Å². The van der Waals surface area contributed by atoms with E-state index in [1.54, 1.807) is 0 Å². The highest BCUT2D eigenvalue weighted by Crippen LogP contribution is 2.24. The third-order valence-electron chi connectivity index (χ3n) is 11.5. The van der Waals surface area contributed by atoms with Crippen molar-refractivity contribution < 1.29 is 95.5 Å². The number of unbranched alkanes of at least 4 members (excludes halogenated alkanes) is 12. The number of carbonyl (C=O) groups excluding carboxylic acids is 6. The minimum atomic E-state index is -1.02. The van der Waals surface area contributed by atoms with Gasteiger partial charge in [0.05, 0.1) is 105 Å². The van der Waals surface area contributed by atoms with Crippen molar-refractivity contribution in [2.75, 3.05) is 178 Å². The number of rotatable bonds is 58. The molecule has 81 heavy (non-hydrogen) atoms. The fourth-order valence-corrected chi connectivity index (χ4v) is 6.83. The van der Waals surface area contributed by atoms with E-state index >= 15 is 0 Å². The van der Waals surface area contributed by atoms with Gasteiger partial charge in [-0.25, -0.2) is 28.8 Å². The van der Waals surface area contributed by atoms with E-state index in [1.165, 1.54) is 12.2 Å². The molecule has 0 rings (SSSR count). The summed E-state index contributed by atoms with van der Waals surface area (Å²) in [4.78, 5) is 73.2. The number of ether oxygens (including phenoxy) is 13. The Morgan fingerprint density at radius 2 is 0.556 bits per heavy atom. The van der Waals surface area contributed by atoms with Gasteiger partial charge in [0.15, 0.2) is 0 Å². The minimum absolute atomic E-state index is 0.00279. The Bertz CT molecular complexity index is 1500. The number of nitrogens with one attached hydrogen (secondary N) is 6. The van der Waals surface area contributed by atoms with Gasteiger partial charge in [-0.2, -0.15) is 0 Å². The van der Waals surface area contributed by atoms with Crippen LogP contribution in [0.3, 0.4) is 0 Å². The summed E-state index contributed by atoms with van der Waals surface area (Å²) in [6, 6.07) is 0. The number of alkyl carbamates (subject to hydrolysis) is 6. The van der Waals surface area contributed by atoms with Crippen LogP contribution in [-0.4, -0.2) is 220 Å². The lowest BCUT2D eigenvalue weighted by Crippen LogP contribution is -2.42. The second-order valence-corrected chi connectivity index (χ2v) is 18.4. The van der Waals surface area contributed by atoms with Crippen molar-refractivity contribution in [2.45, 2.75) is 110 Å². The second kappa shape index (κ2) is 59.4. The summed E-state index contributed by atoms with van der Waals surface area (Å²) in [5.74, 6) is 0. The highest BCUT2D eigenvalue weighted by atomic mass is 16.6. The average Bonchev–Trinajstić information content (AvgIpc) is 3.48. The third kappa shape index (κ3) is 55.1. The predicted molar refractivity (Wildman–Crippen MR) is 301 cm³/mol. The lowest BCUT2D eigenvalue weighted by atomic mass is 9.88. The van der Waals surface area contributed by atoms with Gasteiger partial charge in [0, 0.05) is 39.3 Å². The van der Waals surface area contributed by atoms with E-state index in [0.29, 0.717) is 144 Å². The van der Waals surface area contributed by atoms with Gasteiger partial charge < -0.3 is 98.6 Å². The maximum absolute atomic E-state index is 12.8. The molecule has 0 unspecified atom stereocenters. The van der Waals surface area contributed by atoms with Crippen molar-refractivity contribution in [3.63, 3.8) is 0 Å². The van der Waals surface area contributed by atoms with Gasteiger partial charge in [-0.1, -0.05) is 90.0 Å². The van der Waals surface area contributed by atoms with Crippen molar-refractivity contribution in [2.24, 2.45) is 5.41 Å². The standard InChI is InChI=1S/C55H102N6O20/c1-4-29-76-49(63)56-23-18-12-14-20-26-60-53(67)80-47-55(6-3,48-81-54(68)61-27-21-15-13-19-24-57-50(64)77-30-5-2)46-79-52(66)59-25-17-11-9-7-8-10-16-22-58-51(65)78-45-44-75-43-42-74-41-40-73-39-38-72-37-36-71-35-34-70-33-32-69-31-28-62/h4-5,62H,1-2,6-48H2,3H3,(H,56,63)(H,57,64)(H,58,65)(H,59,66)(H,60,67)(H,61,68). The molecule has 0 aromatic heterocycles. The Balaban J connectivity index is 4.22. The number of aliphatic hydroxyl groups is 1. The fraction of sp³-hybridized carbons (Fsp3) is 0.818. The van der Waals surface area contributed by atoms with Gasteiger partial charge in [-0.3, -0.25) is 0 Å². The molecule has 0 aromatic carbocycles. The average molecular weight is 1170 g/mol. The summed E-state index contributed by atoms with van der Waals surface area (Å²) < 4.78 is 69.3. The number of hydrogen-bond donors (Lipinski definition) is 7. The Kier molecular flexibility index (Phi) is 55.6. The molecule has 0 aliphatic carbocycles. The van der Waals surface area contributed by atoms with Gasteiger partial charge >= 0.3 is 36.6 Å². The van der Waals surface area contributed by atoms with Crippen molar-refractivity contribution in [1.82, 2.24) is 31.9 Å². The molecule has 0 bridgehead atoms. The molecule has 26 heteroatoms. The Morgan fingerprint density at radius 3 is 0.802 bits per heavy atom. The van der Waals surface area contributed by atoms with E-state index < -0.39 is 42.0 Å². The molecular weight excluding hydrogens is 1060 g/mol. The summed E-state index contributed by atoms with van der Waals surface area (Å²) in [6.07, 6.45) is 12.6. The third-order valence-corrected chi connectivity index (χ3v) is 11.5. The van der Waals surface area contributed by atoms with Gasteiger partial charge in [0.2, 0.25) is 0 Å². The molecular formula is C55H102N6O20. The van der Waals surface area contributed by atoms with Crippen LogP contribution in [0, 0.1) is 5.41 Å². The van der Waals surface area contributed by atoms with Crippen molar-refractivity contribution in [1.29, 1.82) is 0 Å². The summed E-state index contributed by atoms with van der Waals surface area (Å²) >= 11 is 0. The van der Waals surface area contributed by atoms with Crippen LogP contribution in [0.5, 0.6) is 0 Å². The van der Waals surface area contributed by atoms with Crippen molar-refractivity contribution >= 4 is 36.6 Å². The molecule has 0 atom stereocenters. The monoisotopic (exact) mass is 1170 g/mol. The van der Waals surface area contributed by atoms with Crippen LogP contribution in [-0.2, 0) is 61.6 Å². The minimum Gasteiger partial charge on any atom is -0.449 e. The normalized spacial score (nSPS) is 11.0. The molecule has 0 aliphatic heterocycles. The topological polar surface area (TPSA) is 315 Å². The molecule has 472 valence electrons. The Hall–Kier alpha value is -5.22. The lowest BCUT2D eigenvalue weighted by Gasteiger charge is -2.31. The molecule has 0 saturated carbocycles. The Labute approximate surface area is 481 Å². The van der Waals surface area contributed by atoms with Crippen LogP contribution < -0.4 is 31.9 Å². The molecule has 0 spiro atoms. The lowest BCUT2D eigenvalue weighted by molar-refractivity contribution is -0.0225. The molecule has 0 aromatic rings. The molecule has 0 aliphatic rings. The number of carbonyl (C=O) groups is 6. The van der Waals surface area contributed by atoms with Crippen LogP contribution >= 0.6 is 0 Å². The summed E-state index contributed by atoms with van der Waals surface area (Å²) in [5, 5.41) is 24.9. The first-order chi connectivity index (χ1) is 39.6. The summed E-state index contributed by atoms with van der Waals surface area (Å²) in [7, 11) is 0. The van der Waals surface area contributed by atoms with E-state index in [1.807, 2.05) is 6.92 Å². The first-order valence-electron chi connectivity index (χ1n) is 28.9. The van der Waals surface area contributed by atoms with E-state index in [9.17, 15) is 28.8 Å². The van der Waals surface area contributed by atoms with Crippen molar-refractivity contribution in [3.8, 4) is 0 Å². The predicted octanol–water partition coefficient (Wildman–Crippen LogP) is 6.07. The van der Waals surface area contributed by atoms with Gasteiger partial charge in [-0.15, -0.1) is 0 Å². The zero-order valence-electron chi connectivity index (χ0n) is 48.7. The van der Waals surface area contributed by atoms with Crippen LogP contribution in [0.4, 0.5) is 28.8 Å². The zero-order chi connectivity index (χ0) is 59.2. The highest BCUT2D eigenvalue weighted by molar-refractivity contribution is 5.69. The van der Waals surface area contributed by atoms with Crippen molar-refractivity contribution in [3.05, 3.63) is 25.3 Å². The first-order valence-corrected chi connectivity index (χ1v) is 28.9. The van der Waals surface area contributed by atoms with Crippen LogP contribution in [0.25, 0.3) is 0 Å². The van der Waals surface area contributed by atoms with E-state index in [0.717, 1.165) is 83.5 Å². The quantitative estimate of drug-likeness (QED) is 0.0206. The summed E-state index contributed by atoms with van der Waals surface area (Å²) in [6.45, 7) is 17.3. The molecule has 0 heterocycles. The number of hydrogen-bond acceptors (Lipinski definition) is 20. The van der Waals surface area contributed by atoms with E-state index in [2.05, 4.69) is 45.1 Å². The molecule has 0 fully saturated rings. The fourth-order valence-electron chi connectivity index (χ4n) is 6.83. The maximum Gasteiger partial charge on any atom is 0.407 e. The maximum atomic E-state index is 12.8. The molecule has 26 nitrogen and oxygen atoms in total. The van der Waals surface area contributed by atoms with Gasteiger partial charge in [-0.05, 0) is 44.9 Å². The molecule has 6 amide bonds. The van der Waals surface area contributed by atoms with Gasteiger partial charge in [0.25, 0.3) is 0 Å². The Morgan fingerprint density at radius 1 is 0.333 bits per heavy atom. The molecule has 0 radical (unpaired) electrons. The van der Waals surface area contributed by atoms with Crippen LogP contribution in [0.2, 0.25) is 0 Å². The number of amides is 6. The zero-order valence-corrected chi connectivity index (χ0v) is 48.7. The largest absolute Gasteiger partial charge is 0.449 e. The van der Waals surface area contributed by atoms with Gasteiger partial charge in [0.1, 0.15) is 39.6 Å². The first kappa shape index (κ1) is 75.8. The molecule has 7 N–H and O–H groups in total. The van der Waals surface area contributed by atoms with E-state index in [-0.39, 0.29) is 52.9 Å². The smallest absolute Gasteiger partial charge is 0.407 e. The van der Waals surface area contributed by atoms with E-state index in [4.69, 9.17) is 66.7 Å². The SMILES string of the molecule is C=CCOC(=O)NCCCCCCNC(=O)OCC(CC)(COC(=O)NCCCCCCCCCNC(=O)OCCOCCOCCOCCOCCOCCOCCOCCO)COC(=O)NCCCCCCNC(=O)OCC=C. The second-order valence-electron chi connectivity index (χ2n) is 18.4. The highest BCUT2D eigenvalue weighted by Gasteiger charge is 2.34. The summed E-state index contributed by atoms with van der Waals surface area (Å²) in [5.41, 5.74) is -1.02. The number of aliphatic hydroxyl groups excluding tert-OH is 1. The molecule has 0 saturated heterocycles.